The fourth-order valence-electron chi connectivity index (χ4n) is 4.32. The van der Waals surface area contributed by atoms with Crippen LogP contribution in [0.1, 0.15) is 62.6 Å². The Hall–Kier alpha value is -4.26. The van der Waals surface area contributed by atoms with E-state index in [0.717, 1.165) is 29.6 Å². The molecule has 40 heavy (non-hydrogen) atoms. The zero-order valence-corrected chi connectivity index (χ0v) is 22.2. The molecule has 0 bridgehead atoms. The van der Waals surface area contributed by atoms with Crippen LogP contribution in [0.15, 0.2) is 42.7 Å². The number of halogens is 4. The SMILES string of the molecule is Cc1cc(C)c(NC(=O)c2cc(Cn3ncc(C(F)(F)F)n3)nn2-c2ncccc2Cl)c(C(=O)NC2CCC2)c1. The van der Waals surface area contributed by atoms with Crippen molar-refractivity contribution in [3.8, 4) is 5.82 Å². The van der Waals surface area contributed by atoms with E-state index in [1.165, 1.54) is 16.9 Å². The van der Waals surface area contributed by atoms with Gasteiger partial charge in [0, 0.05) is 12.2 Å². The molecule has 0 spiro atoms. The molecule has 4 aromatic rings. The number of anilines is 1. The van der Waals surface area contributed by atoms with Crippen molar-refractivity contribution in [2.24, 2.45) is 0 Å². The number of aryl methyl sites for hydroxylation is 2. The van der Waals surface area contributed by atoms with Crippen LogP contribution in [-0.2, 0) is 12.7 Å². The van der Waals surface area contributed by atoms with Crippen LogP contribution in [0.2, 0.25) is 5.02 Å². The van der Waals surface area contributed by atoms with Crippen molar-refractivity contribution in [1.82, 2.24) is 35.1 Å². The Labute approximate surface area is 231 Å². The van der Waals surface area contributed by atoms with Crippen LogP contribution >= 0.6 is 11.6 Å². The first kappa shape index (κ1) is 27.3. The van der Waals surface area contributed by atoms with Gasteiger partial charge in [-0.05, 0) is 68.5 Å². The molecule has 1 fully saturated rings. The van der Waals surface area contributed by atoms with Gasteiger partial charge in [-0.1, -0.05) is 17.7 Å². The second kappa shape index (κ2) is 10.7. The van der Waals surface area contributed by atoms with Crippen LogP contribution in [0.5, 0.6) is 0 Å². The molecule has 1 aromatic carbocycles. The van der Waals surface area contributed by atoms with Gasteiger partial charge in [0.1, 0.15) is 12.2 Å². The molecular formula is C26H24ClF3N8O2. The maximum absolute atomic E-state index is 13.7. The number of carbonyl (C=O) groups is 2. The highest BCUT2D eigenvalue weighted by molar-refractivity contribution is 6.32. The van der Waals surface area contributed by atoms with E-state index in [9.17, 15) is 22.8 Å². The molecule has 5 rings (SSSR count). The summed E-state index contributed by atoms with van der Waals surface area (Å²) in [6, 6.07) is 8.19. The number of rotatable bonds is 7. The Balaban J connectivity index is 1.50. The van der Waals surface area contributed by atoms with Gasteiger partial charge in [0.05, 0.1) is 28.2 Å². The Kier molecular flexibility index (Phi) is 7.32. The Morgan fingerprint density at radius 3 is 2.55 bits per heavy atom. The monoisotopic (exact) mass is 572 g/mol. The maximum atomic E-state index is 13.7. The molecule has 0 aliphatic heterocycles. The number of aromatic nitrogens is 6. The highest BCUT2D eigenvalue weighted by atomic mass is 35.5. The van der Waals surface area contributed by atoms with Crippen LogP contribution in [-0.4, -0.2) is 47.6 Å². The number of nitrogens with zero attached hydrogens (tertiary/aromatic N) is 6. The topological polar surface area (TPSA) is 120 Å². The lowest BCUT2D eigenvalue weighted by atomic mass is 9.92. The van der Waals surface area contributed by atoms with Crippen molar-refractivity contribution in [1.29, 1.82) is 0 Å². The number of benzene rings is 1. The maximum Gasteiger partial charge on any atom is 0.436 e. The quantitative estimate of drug-likeness (QED) is 0.330. The molecule has 0 saturated heterocycles. The van der Waals surface area contributed by atoms with Gasteiger partial charge in [0.15, 0.2) is 11.5 Å². The van der Waals surface area contributed by atoms with Gasteiger partial charge < -0.3 is 10.6 Å². The predicted octanol–water partition coefficient (Wildman–Crippen LogP) is 4.73. The third-order valence-corrected chi connectivity index (χ3v) is 6.76. The molecular weight excluding hydrogens is 549 g/mol. The van der Waals surface area contributed by atoms with Gasteiger partial charge in [-0.15, -0.1) is 5.10 Å². The fraction of sp³-hybridized carbons (Fsp3) is 0.308. The number of nitrogens with one attached hydrogen (secondary N) is 2. The standard InChI is InChI=1S/C26H24ClF3N8O2/c1-14-9-15(2)22(18(10-14)24(39)33-16-5-3-6-16)34-25(40)20-11-17(13-37-32-12-21(36-37)26(28,29)30)35-38(20)23-19(27)7-4-8-31-23/h4,7-12,16H,3,5-6,13H2,1-2H3,(H,33,39)(H,34,40). The molecule has 14 heteroatoms. The summed E-state index contributed by atoms with van der Waals surface area (Å²) >= 11 is 6.33. The second-order valence-electron chi connectivity index (χ2n) is 9.56. The van der Waals surface area contributed by atoms with Crippen molar-refractivity contribution in [2.45, 2.75) is 51.9 Å². The van der Waals surface area contributed by atoms with Crippen LogP contribution in [0.3, 0.4) is 0 Å². The normalized spacial score (nSPS) is 13.7. The van der Waals surface area contributed by atoms with Gasteiger partial charge in [0.25, 0.3) is 11.8 Å². The van der Waals surface area contributed by atoms with Crippen LogP contribution < -0.4 is 10.6 Å². The van der Waals surface area contributed by atoms with Gasteiger partial charge in [-0.2, -0.15) is 28.2 Å². The second-order valence-corrected chi connectivity index (χ2v) is 9.97. The molecule has 208 valence electrons. The number of hydrogen-bond acceptors (Lipinski definition) is 6. The van der Waals surface area contributed by atoms with Gasteiger partial charge in [-0.3, -0.25) is 9.59 Å². The van der Waals surface area contributed by atoms with E-state index in [0.29, 0.717) is 23.0 Å². The molecule has 0 unspecified atom stereocenters. The van der Waals surface area contributed by atoms with Gasteiger partial charge in [0.2, 0.25) is 0 Å². The van der Waals surface area contributed by atoms with E-state index in [1.54, 1.807) is 25.1 Å². The van der Waals surface area contributed by atoms with Crippen LogP contribution in [0.25, 0.3) is 5.82 Å². The summed E-state index contributed by atoms with van der Waals surface area (Å²) in [5.41, 5.74) is 1.20. The third kappa shape index (κ3) is 5.69. The first-order chi connectivity index (χ1) is 19.0. The molecule has 3 aromatic heterocycles. The smallest absolute Gasteiger partial charge is 0.349 e. The number of hydrogen-bond donors (Lipinski definition) is 2. The number of amides is 2. The summed E-state index contributed by atoms with van der Waals surface area (Å²) in [4.78, 5) is 31.8. The summed E-state index contributed by atoms with van der Waals surface area (Å²) in [6.07, 6.45) is 0.272. The molecule has 1 aliphatic rings. The van der Waals surface area contributed by atoms with Crippen LogP contribution in [0, 0.1) is 13.8 Å². The highest BCUT2D eigenvalue weighted by Gasteiger charge is 2.34. The van der Waals surface area contributed by atoms with Crippen molar-refractivity contribution in [2.75, 3.05) is 5.32 Å². The average Bonchev–Trinajstić information content (AvgIpc) is 3.51. The minimum absolute atomic E-state index is 0.0101. The summed E-state index contributed by atoms with van der Waals surface area (Å²) in [5.74, 6) is -0.790. The van der Waals surface area contributed by atoms with E-state index in [1.807, 2.05) is 13.0 Å². The van der Waals surface area contributed by atoms with E-state index >= 15 is 0 Å². The highest BCUT2D eigenvalue weighted by Crippen LogP contribution is 2.28. The van der Waals surface area contributed by atoms with E-state index in [4.69, 9.17) is 11.6 Å². The zero-order chi connectivity index (χ0) is 28.6. The first-order valence-corrected chi connectivity index (χ1v) is 12.8. The summed E-state index contributed by atoms with van der Waals surface area (Å²) in [7, 11) is 0. The van der Waals surface area contributed by atoms with Gasteiger partial charge >= 0.3 is 6.18 Å². The Morgan fingerprint density at radius 1 is 1.12 bits per heavy atom. The van der Waals surface area contributed by atoms with Crippen LogP contribution in [0.4, 0.5) is 18.9 Å². The summed E-state index contributed by atoms with van der Waals surface area (Å²) in [6.45, 7) is 3.38. The van der Waals surface area contributed by atoms with Crippen molar-refractivity contribution in [3.05, 3.63) is 81.5 Å². The molecule has 3 heterocycles. The zero-order valence-electron chi connectivity index (χ0n) is 21.5. The lowest BCUT2D eigenvalue weighted by Crippen LogP contribution is -2.40. The van der Waals surface area contributed by atoms with E-state index in [2.05, 4.69) is 30.9 Å². The number of carbonyl (C=O) groups excluding carboxylic acids is 2. The molecule has 2 N–H and O–H groups in total. The summed E-state index contributed by atoms with van der Waals surface area (Å²) < 4.78 is 40.2. The molecule has 0 atom stereocenters. The average molecular weight is 573 g/mol. The lowest BCUT2D eigenvalue weighted by molar-refractivity contribution is -0.141. The number of pyridine rings is 1. The van der Waals surface area contributed by atoms with Gasteiger partial charge in [-0.25, -0.2) is 9.67 Å². The largest absolute Gasteiger partial charge is 0.436 e. The fourth-order valence-corrected chi connectivity index (χ4v) is 4.52. The number of alkyl halides is 3. The molecule has 10 nitrogen and oxygen atoms in total. The molecule has 1 aliphatic carbocycles. The third-order valence-electron chi connectivity index (χ3n) is 6.47. The van der Waals surface area contributed by atoms with E-state index < -0.39 is 17.8 Å². The first-order valence-electron chi connectivity index (χ1n) is 12.4. The predicted molar refractivity (Wildman–Crippen MR) is 139 cm³/mol. The Bertz CT molecular complexity index is 1590. The van der Waals surface area contributed by atoms with Crippen molar-refractivity contribution in [3.63, 3.8) is 0 Å². The van der Waals surface area contributed by atoms with Crippen molar-refractivity contribution >= 4 is 29.1 Å². The minimum Gasteiger partial charge on any atom is -0.349 e. The lowest BCUT2D eigenvalue weighted by Gasteiger charge is -2.27. The Morgan fingerprint density at radius 2 is 1.90 bits per heavy atom. The summed E-state index contributed by atoms with van der Waals surface area (Å²) in [5, 5.41) is 17.5. The van der Waals surface area contributed by atoms with E-state index in [-0.39, 0.29) is 40.7 Å². The minimum atomic E-state index is -4.65. The molecule has 1 saturated carbocycles. The molecule has 2 amide bonds. The van der Waals surface area contributed by atoms with Crippen molar-refractivity contribution < 1.29 is 22.8 Å². The molecule has 0 radical (unpaired) electrons.